The van der Waals surface area contributed by atoms with Gasteiger partial charge in [-0.2, -0.15) is 0 Å². The maximum Gasteiger partial charge on any atom is 0.262 e. The summed E-state index contributed by atoms with van der Waals surface area (Å²) in [5.74, 6) is -0.472. The van der Waals surface area contributed by atoms with Gasteiger partial charge in [0.25, 0.3) is 5.56 Å². The number of aromatic nitrogens is 2. The number of benzene rings is 1. The fourth-order valence-corrected chi connectivity index (χ4v) is 2.69. The van der Waals surface area contributed by atoms with Crippen LogP contribution in [0.15, 0.2) is 21.4 Å². The van der Waals surface area contributed by atoms with E-state index < -0.39 is 5.82 Å². The van der Waals surface area contributed by atoms with E-state index in [1.54, 1.807) is 10.6 Å². The normalized spacial score (nSPS) is 15.4. The number of nitrogens with zero attached hydrogens (tertiary/aromatic N) is 1. The van der Waals surface area contributed by atoms with Gasteiger partial charge in [-0.1, -0.05) is 15.9 Å². The van der Waals surface area contributed by atoms with E-state index in [4.69, 9.17) is 12.2 Å². The van der Waals surface area contributed by atoms with Gasteiger partial charge >= 0.3 is 0 Å². The van der Waals surface area contributed by atoms with Crippen LogP contribution in [0.4, 0.5) is 4.39 Å². The molecule has 1 aromatic heterocycles. The molecule has 1 saturated carbocycles. The molecule has 0 bridgehead atoms. The summed E-state index contributed by atoms with van der Waals surface area (Å²) in [5.41, 5.74) is -0.0356. The first-order valence-electron chi connectivity index (χ1n) is 5.21. The zero-order valence-corrected chi connectivity index (χ0v) is 11.1. The number of H-pyrrole nitrogens is 1. The smallest absolute Gasteiger partial charge is 0.262 e. The lowest BCUT2D eigenvalue weighted by Gasteiger charge is -2.07. The number of aromatic amines is 1. The Kier molecular flexibility index (Phi) is 2.45. The van der Waals surface area contributed by atoms with Gasteiger partial charge in [-0.25, -0.2) is 4.39 Å². The van der Waals surface area contributed by atoms with Gasteiger partial charge in [0.1, 0.15) is 5.82 Å². The van der Waals surface area contributed by atoms with Crippen LogP contribution < -0.4 is 5.56 Å². The third kappa shape index (κ3) is 1.75. The number of hydrogen-bond donors (Lipinski definition) is 1. The predicted molar refractivity (Wildman–Crippen MR) is 69.3 cm³/mol. The topological polar surface area (TPSA) is 37.8 Å². The van der Waals surface area contributed by atoms with E-state index >= 15 is 0 Å². The van der Waals surface area contributed by atoms with Crippen molar-refractivity contribution in [2.75, 3.05) is 0 Å². The van der Waals surface area contributed by atoms with Crippen LogP contribution in [-0.2, 0) is 0 Å². The van der Waals surface area contributed by atoms with Gasteiger partial charge in [0.2, 0.25) is 0 Å². The Morgan fingerprint density at radius 1 is 1.47 bits per heavy atom. The van der Waals surface area contributed by atoms with Crippen LogP contribution in [0.2, 0.25) is 0 Å². The number of hydrogen-bond acceptors (Lipinski definition) is 2. The van der Waals surface area contributed by atoms with Crippen molar-refractivity contribution in [1.29, 1.82) is 0 Å². The fourth-order valence-electron chi connectivity index (χ4n) is 1.92. The minimum atomic E-state index is -0.472. The minimum Gasteiger partial charge on any atom is -0.329 e. The van der Waals surface area contributed by atoms with Crippen LogP contribution >= 0.6 is 28.1 Å². The maximum atomic E-state index is 13.7. The molecule has 1 aliphatic rings. The molecule has 17 heavy (non-hydrogen) atoms. The average molecular weight is 315 g/mol. The largest absolute Gasteiger partial charge is 0.329 e. The van der Waals surface area contributed by atoms with Gasteiger partial charge < -0.3 is 4.98 Å². The van der Waals surface area contributed by atoms with Gasteiger partial charge in [-0.05, 0) is 37.2 Å². The summed E-state index contributed by atoms with van der Waals surface area (Å²) >= 11 is 8.29. The quantitative estimate of drug-likeness (QED) is 0.820. The molecule has 0 radical (unpaired) electrons. The van der Waals surface area contributed by atoms with Gasteiger partial charge in [0.15, 0.2) is 4.77 Å². The highest BCUT2D eigenvalue weighted by Gasteiger charge is 2.26. The zero-order chi connectivity index (χ0) is 12.2. The first kappa shape index (κ1) is 11.1. The number of halogens is 2. The first-order chi connectivity index (χ1) is 8.08. The van der Waals surface area contributed by atoms with Crippen molar-refractivity contribution in [1.82, 2.24) is 9.55 Å². The Morgan fingerprint density at radius 3 is 2.82 bits per heavy atom. The summed E-state index contributed by atoms with van der Waals surface area (Å²) in [4.78, 5) is 15.0. The fraction of sp³-hybridized carbons (Fsp3) is 0.273. The van der Waals surface area contributed by atoms with Crippen molar-refractivity contribution >= 4 is 39.1 Å². The summed E-state index contributed by atoms with van der Waals surface area (Å²) in [6.07, 6.45) is 1.92. The Balaban J connectivity index is 2.49. The molecule has 6 heteroatoms. The lowest BCUT2D eigenvalue weighted by atomic mass is 10.2. The molecule has 0 saturated heterocycles. The molecule has 3 nitrogen and oxygen atoms in total. The zero-order valence-electron chi connectivity index (χ0n) is 8.67. The third-order valence-electron chi connectivity index (χ3n) is 2.87. The Bertz CT molecular complexity index is 733. The SMILES string of the molecule is O=c1c2cc(Br)cc(F)c2[nH]c(=S)n1C1CC1. The molecule has 1 aliphatic carbocycles. The highest BCUT2D eigenvalue weighted by Crippen LogP contribution is 2.34. The maximum absolute atomic E-state index is 13.7. The van der Waals surface area contributed by atoms with Crippen molar-refractivity contribution in [3.05, 3.63) is 37.5 Å². The molecular weight excluding hydrogens is 307 g/mol. The molecule has 0 atom stereocenters. The molecule has 3 rings (SSSR count). The highest BCUT2D eigenvalue weighted by atomic mass is 79.9. The molecule has 1 heterocycles. The summed E-state index contributed by atoms with van der Waals surface area (Å²) in [6, 6.07) is 3.11. The Hall–Kier alpha value is -1.01. The third-order valence-corrected chi connectivity index (χ3v) is 3.62. The minimum absolute atomic E-state index is 0.178. The molecule has 1 aromatic carbocycles. The second kappa shape index (κ2) is 3.74. The lowest BCUT2D eigenvalue weighted by molar-refractivity contribution is 0.630. The number of nitrogens with one attached hydrogen (secondary N) is 1. The lowest BCUT2D eigenvalue weighted by Crippen LogP contribution is -2.21. The standard InChI is InChI=1S/C11H8BrFN2OS/c12-5-3-7-9(8(13)4-5)14-11(17)15(10(7)16)6-1-2-6/h3-4,6H,1-2H2,(H,14,17). The Labute approximate surface area is 109 Å². The van der Waals surface area contributed by atoms with Crippen LogP contribution in [0.25, 0.3) is 10.9 Å². The van der Waals surface area contributed by atoms with E-state index in [1.807, 2.05) is 0 Å². The monoisotopic (exact) mass is 314 g/mol. The van der Waals surface area contributed by atoms with Crippen LogP contribution in [0.1, 0.15) is 18.9 Å². The van der Waals surface area contributed by atoms with Crippen LogP contribution in [-0.4, -0.2) is 9.55 Å². The average Bonchev–Trinajstić information content (AvgIpc) is 3.04. The molecule has 1 fully saturated rings. The van der Waals surface area contributed by atoms with Crippen molar-refractivity contribution in [2.24, 2.45) is 0 Å². The van der Waals surface area contributed by atoms with Gasteiger partial charge in [0.05, 0.1) is 10.9 Å². The summed E-state index contributed by atoms with van der Waals surface area (Å²) in [7, 11) is 0. The van der Waals surface area contributed by atoms with E-state index in [9.17, 15) is 9.18 Å². The van der Waals surface area contributed by atoms with E-state index in [1.165, 1.54) is 6.07 Å². The first-order valence-corrected chi connectivity index (χ1v) is 6.41. The second-order valence-electron chi connectivity index (χ2n) is 4.15. The van der Waals surface area contributed by atoms with Gasteiger partial charge in [0, 0.05) is 10.5 Å². The predicted octanol–water partition coefficient (Wildman–Crippen LogP) is 3.30. The molecule has 0 unspecified atom stereocenters. The molecule has 0 spiro atoms. The van der Waals surface area contributed by atoms with Crippen LogP contribution in [0.3, 0.4) is 0 Å². The second-order valence-corrected chi connectivity index (χ2v) is 5.45. The molecule has 88 valence electrons. The van der Waals surface area contributed by atoms with Crippen molar-refractivity contribution in [3.63, 3.8) is 0 Å². The summed E-state index contributed by atoms with van der Waals surface area (Å²) in [6.45, 7) is 0. The van der Waals surface area contributed by atoms with Crippen molar-refractivity contribution in [3.8, 4) is 0 Å². The molecular formula is C11H8BrFN2OS. The molecule has 0 aliphatic heterocycles. The van der Waals surface area contributed by atoms with E-state index in [0.717, 1.165) is 12.8 Å². The molecule has 2 aromatic rings. The van der Waals surface area contributed by atoms with Crippen molar-refractivity contribution in [2.45, 2.75) is 18.9 Å². The van der Waals surface area contributed by atoms with E-state index in [2.05, 4.69) is 20.9 Å². The van der Waals surface area contributed by atoms with E-state index in [-0.39, 0.29) is 17.1 Å². The summed E-state index contributed by atoms with van der Waals surface area (Å²) < 4.78 is 16.1. The number of fused-ring (bicyclic) bond motifs is 1. The highest BCUT2D eigenvalue weighted by molar-refractivity contribution is 9.10. The molecule has 0 amide bonds. The van der Waals surface area contributed by atoms with Crippen molar-refractivity contribution < 1.29 is 4.39 Å². The molecule has 1 N–H and O–H groups in total. The van der Waals surface area contributed by atoms with Crippen LogP contribution in [0, 0.1) is 10.6 Å². The number of rotatable bonds is 1. The van der Waals surface area contributed by atoms with Crippen LogP contribution in [0.5, 0.6) is 0 Å². The van der Waals surface area contributed by atoms with E-state index in [0.29, 0.717) is 14.6 Å². The van der Waals surface area contributed by atoms with Gasteiger partial charge in [-0.15, -0.1) is 0 Å². The summed E-state index contributed by atoms with van der Waals surface area (Å²) in [5, 5.41) is 0.331. The Morgan fingerprint density at radius 2 is 2.18 bits per heavy atom. The van der Waals surface area contributed by atoms with Gasteiger partial charge in [-0.3, -0.25) is 9.36 Å².